The third kappa shape index (κ3) is 0.782. The van der Waals surface area contributed by atoms with E-state index in [1.165, 1.54) is 25.7 Å². The first-order chi connectivity index (χ1) is 5.86. The first kappa shape index (κ1) is 9.51. The summed E-state index contributed by atoms with van der Waals surface area (Å²) in [5.41, 5.74) is 0.722. The SMILES string of the molecule is CC1(C)C(O)C(C)(C)C12CCCC2. The maximum atomic E-state index is 10.1. The van der Waals surface area contributed by atoms with Gasteiger partial charge in [0, 0.05) is 0 Å². The standard InChI is InChI=1S/C12H22O/c1-10(2)9(13)11(3,4)12(10)7-5-6-8-12/h9,13H,5-8H2,1-4H3. The highest BCUT2D eigenvalue weighted by Crippen LogP contribution is 2.73. The van der Waals surface area contributed by atoms with Crippen LogP contribution in [0.1, 0.15) is 53.4 Å². The second-order valence-corrected chi connectivity index (χ2v) is 6.14. The molecule has 0 unspecified atom stereocenters. The van der Waals surface area contributed by atoms with Gasteiger partial charge in [-0.3, -0.25) is 0 Å². The molecule has 0 heterocycles. The maximum Gasteiger partial charge on any atom is 0.0653 e. The quantitative estimate of drug-likeness (QED) is 0.610. The lowest BCUT2D eigenvalue weighted by Gasteiger charge is -2.70. The van der Waals surface area contributed by atoms with E-state index in [9.17, 15) is 5.11 Å². The highest BCUT2D eigenvalue weighted by atomic mass is 16.3. The van der Waals surface area contributed by atoms with E-state index in [2.05, 4.69) is 27.7 Å². The second-order valence-electron chi connectivity index (χ2n) is 6.14. The van der Waals surface area contributed by atoms with E-state index < -0.39 is 0 Å². The molecule has 2 saturated carbocycles. The lowest BCUT2D eigenvalue weighted by Crippen LogP contribution is -2.70. The molecule has 2 rings (SSSR count). The van der Waals surface area contributed by atoms with E-state index in [0.29, 0.717) is 5.41 Å². The van der Waals surface area contributed by atoms with Crippen LogP contribution in [0.3, 0.4) is 0 Å². The van der Waals surface area contributed by atoms with Crippen LogP contribution >= 0.6 is 0 Å². The van der Waals surface area contributed by atoms with Crippen LogP contribution < -0.4 is 0 Å². The van der Waals surface area contributed by atoms with Crippen molar-refractivity contribution in [3.63, 3.8) is 0 Å². The molecular formula is C12H22O. The van der Waals surface area contributed by atoms with Crippen molar-refractivity contribution in [1.82, 2.24) is 0 Å². The molecule has 2 fully saturated rings. The number of aliphatic hydroxyl groups is 1. The molecule has 1 spiro atoms. The smallest absolute Gasteiger partial charge is 0.0653 e. The Morgan fingerprint density at radius 1 is 0.923 bits per heavy atom. The Morgan fingerprint density at radius 2 is 1.31 bits per heavy atom. The molecule has 0 aliphatic heterocycles. The Hall–Kier alpha value is -0.0400. The molecule has 0 atom stereocenters. The summed E-state index contributed by atoms with van der Waals surface area (Å²) in [5, 5.41) is 10.1. The first-order valence-corrected chi connectivity index (χ1v) is 5.54. The Kier molecular flexibility index (Phi) is 1.69. The van der Waals surface area contributed by atoms with Crippen LogP contribution in [0.4, 0.5) is 0 Å². The molecule has 2 aliphatic rings. The Morgan fingerprint density at radius 3 is 1.69 bits per heavy atom. The van der Waals surface area contributed by atoms with Gasteiger partial charge in [0.15, 0.2) is 0 Å². The molecule has 0 bridgehead atoms. The van der Waals surface area contributed by atoms with Gasteiger partial charge in [-0.05, 0) is 29.1 Å². The minimum Gasteiger partial charge on any atom is -0.392 e. The largest absolute Gasteiger partial charge is 0.392 e. The molecule has 1 N–H and O–H groups in total. The molecule has 76 valence electrons. The fourth-order valence-electron chi connectivity index (χ4n) is 4.45. The van der Waals surface area contributed by atoms with Crippen LogP contribution in [0.2, 0.25) is 0 Å². The molecule has 0 saturated heterocycles. The third-order valence-corrected chi connectivity index (χ3v) is 5.29. The van der Waals surface area contributed by atoms with Gasteiger partial charge in [-0.2, -0.15) is 0 Å². The average Bonchev–Trinajstić information content (AvgIpc) is 2.52. The van der Waals surface area contributed by atoms with E-state index in [0.717, 1.165) is 0 Å². The molecule has 2 aliphatic carbocycles. The van der Waals surface area contributed by atoms with Crippen molar-refractivity contribution in [3.05, 3.63) is 0 Å². The Labute approximate surface area is 81.5 Å². The summed E-state index contributed by atoms with van der Waals surface area (Å²) in [7, 11) is 0. The predicted molar refractivity (Wildman–Crippen MR) is 54.5 cm³/mol. The Balaban J connectivity index is 2.36. The second kappa shape index (κ2) is 2.31. The van der Waals surface area contributed by atoms with Gasteiger partial charge in [-0.25, -0.2) is 0 Å². The van der Waals surface area contributed by atoms with Crippen molar-refractivity contribution in [2.24, 2.45) is 16.2 Å². The van der Waals surface area contributed by atoms with E-state index in [1.807, 2.05) is 0 Å². The zero-order valence-corrected chi connectivity index (χ0v) is 9.35. The molecule has 1 heteroatoms. The van der Waals surface area contributed by atoms with Crippen LogP contribution in [-0.2, 0) is 0 Å². The summed E-state index contributed by atoms with van der Waals surface area (Å²) in [6.45, 7) is 8.98. The zero-order valence-electron chi connectivity index (χ0n) is 9.35. The van der Waals surface area contributed by atoms with E-state index in [1.54, 1.807) is 0 Å². The van der Waals surface area contributed by atoms with E-state index in [-0.39, 0.29) is 16.9 Å². The summed E-state index contributed by atoms with van der Waals surface area (Å²) in [5.74, 6) is 0. The van der Waals surface area contributed by atoms with Crippen LogP contribution in [-0.4, -0.2) is 11.2 Å². The van der Waals surface area contributed by atoms with Crippen molar-refractivity contribution in [3.8, 4) is 0 Å². The molecule has 0 amide bonds. The van der Waals surface area contributed by atoms with Gasteiger partial charge in [0.05, 0.1) is 6.10 Å². The van der Waals surface area contributed by atoms with Crippen molar-refractivity contribution in [2.75, 3.05) is 0 Å². The average molecular weight is 182 g/mol. The highest BCUT2D eigenvalue weighted by Gasteiger charge is 2.71. The van der Waals surface area contributed by atoms with Crippen LogP contribution in [0.5, 0.6) is 0 Å². The van der Waals surface area contributed by atoms with E-state index >= 15 is 0 Å². The molecule has 0 aromatic heterocycles. The Bertz CT molecular complexity index is 203. The lowest BCUT2D eigenvalue weighted by atomic mass is 9.36. The molecule has 0 radical (unpaired) electrons. The third-order valence-electron chi connectivity index (χ3n) is 5.29. The lowest BCUT2D eigenvalue weighted by molar-refractivity contribution is -0.278. The molecular weight excluding hydrogens is 160 g/mol. The maximum absolute atomic E-state index is 10.1. The summed E-state index contributed by atoms with van der Waals surface area (Å²) in [6.07, 6.45) is 5.26. The van der Waals surface area contributed by atoms with Crippen molar-refractivity contribution < 1.29 is 5.11 Å². The number of hydrogen-bond donors (Lipinski definition) is 1. The van der Waals surface area contributed by atoms with E-state index in [4.69, 9.17) is 0 Å². The summed E-state index contributed by atoms with van der Waals surface area (Å²) in [4.78, 5) is 0. The minimum absolute atomic E-state index is 0.113. The van der Waals surface area contributed by atoms with Crippen LogP contribution in [0, 0.1) is 16.2 Å². The summed E-state index contributed by atoms with van der Waals surface area (Å²) in [6, 6.07) is 0. The predicted octanol–water partition coefficient (Wildman–Crippen LogP) is 2.97. The fourth-order valence-corrected chi connectivity index (χ4v) is 4.45. The van der Waals surface area contributed by atoms with Crippen LogP contribution in [0.25, 0.3) is 0 Å². The minimum atomic E-state index is -0.113. The van der Waals surface area contributed by atoms with Gasteiger partial charge in [-0.1, -0.05) is 40.5 Å². The van der Waals surface area contributed by atoms with Crippen molar-refractivity contribution in [1.29, 1.82) is 0 Å². The number of rotatable bonds is 0. The summed E-state index contributed by atoms with van der Waals surface area (Å²) >= 11 is 0. The number of aliphatic hydroxyl groups excluding tert-OH is 1. The van der Waals surface area contributed by atoms with Gasteiger partial charge in [0.1, 0.15) is 0 Å². The van der Waals surface area contributed by atoms with Crippen LogP contribution in [0.15, 0.2) is 0 Å². The number of hydrogen-bond acceptors (Lipinski definition) is 1. The summed E-state index contributed by atoms with van der Waals surface area (Å²) < 4.78 is 0. The fraction of sp³-hybridized carbons (Fsp3) is 1.00. The highest BCUT2D eigenvalue weighted by molar-refractivity contribution is 5.19. The van der Waals surface area contributed by atoms with Gasteiger partial charge >= 0.3 is 0 Å². The molecule has 13 heavy (non-hydrogen) atoms. The topological polar surface area (TPSA) is 20.2 Å². The van der Waals surface area contributed by atoms with Gasteiger partial charge in [0.25, 0.3) is 0 Å². The van der Waals surface area contributed by atoms with Gasteiger partial charge in [-0.15, -0.1) is 0 Å². The van der Waals surface area contributed by atoms with Crippen molar-refractivity contribution in [2.45, 2.75) is 59.5 Å². The normalized spacial score (nSPS) is 34.8. The molecule has 0 aromatic rings. The monoisotopic (exact) mass is 182 g/mol. The van der Waals surface area contributed by atoms with Gasteiger partial charge in [0.2, 0.25) is 0 Å². The van der Waals surface area contributed by atoms with Crippen molar-refractivity contribution >= 4 is 0 Å². The first-order valence-electron chi connectivity index (χ1n) is 5.54. The molecule has 0 aromatic carbocycles. The molecule has 1 nitrogen and oxygen atoms in total. The van der Waals surface area contributed by atoms with Gasteiger partial charge < -0.3 is 5.11 Å². The zero-order chi connectivity index (χ0) is 9.91.